The van der Waals surface area contributed by atoms with Crippen molar-refractivity contribution in [3.05, 3.63) is 70.5 Å². The van der Waals surface area contributed by atoms with Crippen LogP contribution in [0, 0.1) is 13.8 Å². The van der Waals surface area contributed by atoms with Gasteiger partial charge in [0.05, 0.1) is 21.4 Å². The van der Waals surface area contributed by atoms with E-state index in [-0.39, 0.29) is 11.8 Å². The van der Waals surface area contributed by atoms with Gasteiger partial charge in [-0.25, -0.2) is 4.98 Å². The molecule has 1 aliphatic heterocycles. The summed E-state index contributed by atoms with van der Waals surface area (Å²) in [6.45, 7) is 11.4. The molecule has 5 rings (SSSR count). The topological polar surface area (TPSA) is 90.1 Å². The van der Waals surface area contributed by atoms with Crippen molar-refractivity contribution in [2.45, 2.75) is 27.7 Å². The smallest absolute Gasteiger partial charge is 0.256 e. The number of aromatic amines is 1. The molecule has 3 heterocycles. The number of hydrogen-bond donors (Lipinski definition) is 3. The van der Waals surface area contributed by atoms with E-state index in [0.717, 1.165) is 68.6 Å². The van der Waals surface area contributed by atoms with E-state index in [2.05, 4.69) is 40.4 Å². The summed E-state index contributed by atoms with van der Waals surface area (Å²) in [7, 11) is 0. The van der Waals surface area contributed by atoms with E-state index in [1.807, 2.05) is 56.3 Å². The molecular weight excluding hydrogens is 482 g/mol. The predicted molar refractivity (Wildman–Crippen MR) is 152 cm³/mol. The van der Waals surface area contributed by atoms with E-state index in [4.69, 9.17) is 4.98 Å². The van der Waals surface area contributed by atoms with Gasteiger partial charge in [0.1, 0.15) is 5.01 Å². The van der Waals surface area contributed by atoms with Gasteiger partial charge < -0.3 is 20.5 Å². The molecule has 0 atom stereocenters. The number of benzene rings is 2. The van der Waals surface area contributed by atoms with Gasteiger partial charge in [0.15, 0.2) is 0 Å². The molecule has 0 radical (unpaired) electrons. The SMILES string of the molecule is CCN(CC)CCNC(=O)c1c(C)[nH]c(/C=C2\C(=O)Nc3ccc(-c4nc5ccccc5s4)cc32)c1C. The van der Waals surface area contributed by atoms with Crippen molar-refractivity contribution in [2.75, 3.05) is 31.5 Å². The number of amides is 2. The normalized spacial score (nSPS) is 14.0. The molecule has 1 aliphatic rings. The van der Waals surface area contributed by atoms with Gasteiger partial charge in [-0.05, 0) is 68.9 Å². The quantitative estimate of drug-likeness (QED) is 0.273. The molecule has 0 unspecified atom stereocenters. The third-order valence-electron chi connectivity index (χ3n) is 6.94. The number of carbonyl (C=O) groups excluding carboxylic acids is 2. The first kappa shape index (κ1) is 24.9. The van der Waals surface area contributed by atoms with Crippen molar-refractivity contribution in [3.8, 4) is 10.6 Å². The minimum Gasteiger partial charge on any atom is -0.358 e. The highest BCUT2D eigenvalue weighted by molar-refractivity contribution is 7.21. The largest absolute Gasteiger partial charge is 0.358 e. The number of anilines is 1. The van der Waals surface area contributed by atoms with Crippen LogP contribution >= 0.6 is 11.3 Å². The van der Waals surface area contributed by atoms with Crippen LogP contribution in [-0.2, 0) is 4.79 Å². The van der Waals surface area contributed by atoms with Crippen molar-refractivity contribution in [3.63, 3.8) is 0 Å². The number of H-pyrrole nitrogens is 1. The molecule has 0 aliphatic carbocycles. The number of likely N-dealkylation sites (N-methyl/N-ethyl adjacent to an activating group) is 1. The number of rotatable bonds is 8. The molecule has 8 heteroatoms. The number of fused-ring (bicyclic) bond motifs is 2. The first-order valence-corrected chi connectivity index (χ1v) is 13.4. The Bertz CT molecular complexity index is 1490. The molecule has 37 heavy (non-hydrogen) atoms. The van der Waals surface area contributed by atoms with Gasteiger partial charge in [0.2, 0.25) is 0 Å². The maximum atomic E-state index is 13.0. The van der Waals surface area contributed by atoms with Gasteiger partial charge in [-0.2, -0.15) is 0 Å². The molecule has 0 saturated carbocycles. The van der Waals surface area contributed by atoms with Crippen LogP contribution in [0.5, 0.6) is 0 Å². The van der Waals surface area contributed by atoms with E-state index in [1.54, 1.807) is 11.3 Å². The number of aryl methyl sites for hydroxylation is 1. The summed E-state index contributed by atoms with van der Waals surface area (Å²) in [5.41, 5.74) is 7.11. The molecule has 4 aromatic rings. The Balaban J connectivity index is 1.43. The van der Waals surface area contributed by atoms with Crippen LogP contribution in [0.4, 0.5) is 5.69 Å². The first-order chi connectivity index (χ1) is 17.9. The Hall–Kier alpha value is -3.75. The average molecular weight is 514 g/mol. The Kier molecular flexibility index (Phi) is 6.95. The molecule has 2 amide bonds. The van der Waals surface area contributed by atoms with Crippen LogP contribution in [0.2, 0.25) is 0 Å². The summed E-state index contributed by atoms with van der Waals surface area (Å²) in [5.74, 6) is -0.259. The maximum Gasteiger partial charge on any atom is 0.256 e. The molecule has 190 valence electrons. The minimum atomic E-state index is -0.159. The number of nitrogens with zero attached hydrogens (tertiary/aromatic N) is 2. The maximum absolute atomic E-state index is 13.0. The van der Waals surface area contributed by atoms with Crippen molar-refractivity contribution >= 4 is 50.7 Å². The molecule has 2 aromatic carbocycles. The van der Waals surface area contributed by atoms with Crippen LogP contribution < -0.4 is 10.6 Å². The first-order valence-electron chi connectivity index (χ1n) is 12.6. The van der Waals surface area contributed by atoms with E-state index in [1.165, 1.54) is 0 Å². The van der Waals surface area contributed by atoms with Gasteiger partial charge in [-0.15, -0.1) is 11.3 Å². The van der Waals surface area contributed by atoms with Crippen LogP contribution in [-0.4, -0.2) is 52.9 Å². The average Bonchev–Trinajstić information content (AvgIpc) is 3.54. The number of nitrogens with one attached hydrogen (secondary N) is 3. The fraction of sp³-hybridized carbons (Fsp3) is 0.276. The summed E-state index contributed by atoms with van der Waals surface area (Å²) in [4.78, 5) is 36.3. The lowest BCUT2D eigenvalue weighted by Crippen LogP contribution is -2.35. The second-order valence-corrected chi connectivity index (χ2v) is 10.2. The molecule has 2 aromatic heterocycles. The van der Waals surface area contributed by atoms with E-state index >= 15 is 0 Å². The summed E-state index contributed by atoms with van der Waals surface area (Å²) >= 11 is 1.63. The summed E-state index contributed by atoms with van der Waals surface area (Å²) in [5, 5.41) is 6.92. The van der Waals surface area contributed by atoms with Gasteiger partial charge >= 0.3 is 0 Å². The highest BCUT2D eigenvalue weighted by Gasteiger charge is 2.26. The van der Waals surface area contributed by atoms with Crippen LogP contribution in [0.1, 0.15) is 46.7 Å². The zero-order chi connectivity index (χ0) is 26.1. The number of hydrogen-bond acceptors (Lipinski definition) is 5. The van der Waals surface area contributed by atoms with Crippen LogP contribution in [0.3, 0.4) is 0 Å². The number of thiazole rings is 1. The molecule has 0 fully saturated rings. The van der Waals surface area contributed by atoms with Gasteiger partial charge in [-0.3, -0.25) is 9.59 Å². The predicted octanol–water partition coefficient (Wildman–Crippen LogP) is 5.47. The Labute approximate surface area is 220 Å². The summed E-state index contributed by atoms with van der Waals surface area (Å²) in [6, 6.07) is 14.0. The fourth-order valence-corrected chi connectivity index (χ4v) is 5.78. The molecule has 3 N–H and O–H groups in total. The number of carbonyl (C=O) groups is 2. The third-order valence-corrected chi connectivity index (χ3v) is 8.03. The fourth-order valence-electron chi connectivity index (χ4n) is 4.82. The molecular formula is C29H31N5O2S. The zero-order valence-corrected chi connectivity index (χ0v) is 22.4. The minimum absolute atomic E-state index is 0.0996. The zero-order valence-electron chi connectivity index (χ0n) is 21.6. The van der Waals surface area contributed by atoms with Crippen molar-refractivity contribution in [2.24, 2.45) is 0 Å². The van der Waals surface area contributed by atoms with Crippen molar-refractivity contribution in [1.82, 2.24) is 20.2 Å². The Morgan fingerprint density at radius 2 is 1.92 bits per heavy atom. The van der Waals surface area contributed by atoms with E-state index in [0.29, 0.717) is 17.7 Å². The number of aromatic nitrogens is 2. The number of para-hydroxylation sites is 1. The lowest BCUT2D eigenvalue weighted by atomic mass is 10.0. The summed E-state index contributed by atoms with van der Waals surface area (Å²) < 4.78 is 1.13. The Morgan fingerprint density at radius 3 is 2.68 bits per heavy atom. The molecule has 0 bridgehead atoms. The lowest BCUT2D eigenvalue weighted by molar-refractivity contribution is -0.110. The van der Waals surface area contributed by atoms with Gasteiger partial charge in [0, 0.05) is 41.3 Å². The summed E-state index contributed by atoms with van der Waals surface area (Å²) in [6.07, 6.45) is 1.85. The van der Waals surface area contributed by atoms with Crippen molar-refractivity contribution in [1.29, 1.82) is 0 Å². The highest BCUT2D eigenvalue weighted by Crippen LogP contribution is 2.38. The monoisotopic (exact) mass is 513 g/mol. The molecule has 0 saturated heterocycles. The van der Waals surface area contributed by atoms with Crippen LogP contribution in [0.25, 0.3) is 32.4 Å². The highest BCUT2D eigenvalue weighted by atomic mass is 32.1. The van der Waals surface area contributed by atoms with Crippen molar-refractivity contribution < 1.29 is 9.59 Å². The van der Waals surface area contributed by atoms with Crippen LogP contribution in [0.15, 0.2) is 42.5 Å². The second kappa shape index (κ2) is 10.3. The van der Waals surface area contributed by atoms with Gasteiger partial charge in [-0.1, -0.05) is 26.0 Å². The van der Waals surface area contributed by atoms with Gasteiger partial charge in [0.25, 0.3) is 11.8 Å². The lowest BCUT2D eigenvalue weighted by Gasteiger charge is -2.18. The third kappa shape index (κ3) is 4.82. The molecule has 0 spiro atoms. The standard InChI is InChI=1S/C29H31N5O2S/c1-5-34(6-2)14-13-30-28(36)26-17(3)24(31-18(26)4)16-21-20-15-19(11-12-22(20)32-27(21)35)29-33-23-9-7-8-10-25(23)37-29/h7-12,15-16,31H,5-6,13-14H2,1-4H3,(H,30,36)(H,32,35)/b21-16-. The van der Waals surface area contributed by atoms with E-state index in [9.17, 15) is 9.59 Å². The molecule has 7 nitrogen and oxygen atoms in total. The van der Waals surface area contributed by atoms with E-state index < -0.39 is 0 Å². The Morgan fingerprint density at radius 1 is 1.14 bits per heavy atom. The second-order valence-electron chi connectivity index (χ2n) is 9.21.